The van der Waals surface area contributed by atoms with Crippen LogP contribution in [0.4, 0.5) is 4.79 Å². The van der Waals surface area contributed by atoms with E-state index in [0.717, 1.165) is 25.9 Å². The fourth-order valence-corrected chi connectivity index (χ4v) is 3.13. The van der Waals surface area contributed by atoms with Gasteiger partial charge in [0.1, 0.15) is 0 Å². The summed E-state index contributed by atoms with van der Waals surface area (Å²) in [4.78, 5) is 27.7. The molecule has 0 saturated carbocycles. The first-order valence-electron chi connectivity index (χ1n) is 6.79. The zero-order valence-electron chi connectivity index (χ0n) is 10.5. The minimum atomic E-state index is 0.0222. The fourth-order valence-electron chi connectivity index (χ4n) is 3.13. The molecule has 3 rings (SSSR count). The van der Waals surface area contributed by atoms with E-state index in [1.165, 1.54) is 0 Å². The van der Waals surface area contributed by atoms with Crippen molar-refractivity contribution >= 4 is 11.9 Å². The molecule has 3 aliphatic heterocycles. The monoisotopic (exact) mass is 252 g/mol. The van der Waals surface area contributed by atoms with E-state index in [2.05, 4.69) is 10.6 Å². The molecule has 2 N–H and O–H groups in total. The number of piperidine rings is 1. The van der Waals surface area contributed by atoms with Crippen molar-refractivity contribution in [2.75, 3.05) is 39.3 Å². The SMILES string of the molecule is O=C(C1CCNCC1)N1CCN2C(=O)NCC2C1. The first-order chi connectivity index (χ1) is 8.75. The second-order valence-electron chi connectivity index (χ2n) is 5.34. The van der Waals surface area contributed by atoms with Crippen LogP contribution in [0.3, 0.4) is 0 Å². The molecule has 0 aromatic heterocycles. The summed E-state index contributed by atoms with van der Waals surface area (Å²) in [6.45, 7) is 4.62. The molecule has 0 aromatic rings. The Morgan fingerprint density at radius 1 is 1.22 bits per heavy atom. The second kappa shape index (κ2) is 4.76. The van der Waals surface area contributed by atoms with Gasteiger partial charge < -0.3 is 20.4 Å². The first kappa shape index (κ1) is 11.8. The van der Waals surface area contributed by atoms with Crippen LogP contribution in [0.1, 0.15) is 12.8 Å². The summed E-state index contributed by atoms with van der Waals surface area (Å²) in [5.41, 5.74) is 0. The number of nitrogens with zero attached hydrogens (tertiary/aromatic N) is 2. The Morgan fingerprint density at radius 3 is 2.78 bits per heavy atom. The molecule has 3 saturated heterocycles. The van der Waals surface area contributed by atoms with Crippen LogP contribution in [0.2, 0.25) is 0 Å². The summed E-state index contributed by atoms with van der Waals surface area (Å²) < 4.78 is 0. The Morgan fingerprint density at radius 2 is 2.00 bits per heavy atom. The first-order valence-corrected chi connectivity index (χ1v) is 6.79. The molecule has 1 unspecified atom stereocenters. The number of piperazine rings is 1. The molecule has 0 aromatic carbocycles. The molecule has 18 heavy (non-hydrogen) atoms. The fraction of sp³-hybridized carbons (Fsp3) is 0.833. The number of rotatable bonds is 1. The van der Waals surface area contributed by atoms with Gasteiger partial charge in [0.15, 0.2) is 0 Å². The van der Waals surface area contributed by atoms with Crippen molar-refractivity contribution in [3.63, 3.8) is 0 Å². The number of carbonyl (C=O) groups excluding carboxylic acids is 2. The van der Waals surface area contributed by atoms with Crippen LogP contribution < -0.4 is 10.6 Å². The van der Waals surface area contributed by atoms with Crippen molar-refractivity contribution in [1.29, 1.82) is 0 Å². The van der Waals surface area contributed by atoms with E-state index in [-0.39, 0.29) is 23.9 Å². The van der Waals surface area contributed by atoms with Gasteiger partial charge in [-0.15, -0.1) is 0 Å². The lowest BCUT2D eigenvalue weighted by molar-refractivity contribution is -0.138. The van der Waals surface area contributed by atoms with E-state index in [0.29, 0.717) is 26.2 Å². The molecular weight excluding hydrogens is 232 g/mol. The maximum absolute atomic E-state index is 12.4. The predicted octanol–water partition coefficient (Wildman–Crippen LogP) is -0.778. The van der Waals surface area contributed by atoms with Gasteiger partial charge in [0.25, 0.3) is 0 Å². The Hall–Kier alpha value is -1.30. The van der Waals surface area contributed by atoms with E-state index in [9.17, 15) is 9.59 Å². The van der Waals surface area contributed by atoms with Gasteiger partial charge in [0.2, 0.25) is 5.91 Å². The maximum Gasteiger partial charge on any atom is 0.317 e. The third-order valence-electron chi connectivity index (χ3n) is 4.23. The molecule has 3 amide bonds. The van der Waals surface area contributed by atoms with Gasteiger partial charge in [-0.2, -0.15) is 0 Å². The number of carbonyl (C=O) groups is 2. The van der Waals surface area contributed by atoms with E-state index in [1.54, 1.807) is 0 Å². The molecule has 100 valence electrons. The van der Waals surface area contributed by atoms with Gasteiger partial charge in [0, 0.05) is 32.1 Å². The topological polar surface area (TPSA) is 64.7 Å². The third kappa shape index (κ3) is 2.05. The third-order valence-corrected chi connectivity index (χ3v) is 4.23. The summed E-state index contributed by atoms with van der Waals surface area (Å²) in [6, 6.07) is 0.200. The Kier molecular flexibility index (Phi) is 3.11. The average Bonchev–Trinajstić information content (AvgIpc) is 2.80. The highest BCUT2D eigenvalue weighted by Gasteiger charge is 2.38. The number of urea groups is 1. The van der Waals surface area contributed by atoms with Gasteiger partial charge >= 0.3 is 6.03 Å². The molecule has 0 spiro atoms. The van der Waals surface area contributed by atoms with E-state index < -0.39 is 0 Å². The highest BCUT2D eigenvalue weighted by molar-refractivity contribution is 5.81. The predicted molar refractivity (Wildman–Crippen MR) is 66.1 cm³/mol. The summed E-state index contributed by atoms with van der Waals surface area (Å²) in [5, 5.41) is 6.12. The van der Waals surface area contributed by atoms with Crippen molar-refractivity contribution in [2.24, 2.45) is 5.92 Å². The van der Waals surface area contributed by atoms with Crippen molar-refractivity contribution in [3.05, 3.63) is 0 Å². The molecule has 6 nitrogen and oxygen atoms in total. The summed E-state index contributed by atoms with van der Waals surface area (Å²) >= 11 is 0. The maximum atomic E-state index is 12.4. The lowest BCUT2D eigenvalue weighted by Gasteiger charge is -2.38. The highest BCUT2D eigenvalue weighted by Crippen LogP contribution is 2.20. The van der Waals surface area contributed by atoms with Crippen molar-refractivity contribution in [3.8, 4) is 0 Å². The molecule has 1 atom stereocenters. The average molecular weight is 252 g/mol. The number of nitrogens with one attached hydrogen (secondary N) is 2. The molecule has 3 heterocycles. The standard InChI is InChI=1S/C12H20N4O2/c17-11(9-1-3-13-4-2-9)15-5-6-16-10(8-15)7-14-12(16)18/h9-10,13H,1-8H2,(H,14,18). The van der Waals surface area contributed by atoms with Gasteiger partial charge in [-0.25, -0.2) is 4.79 Å². The number of fused-ring (bicyclic) bond motifs is 1. The minimum Gasteiger partial charge on any atom is -0.339 e. The quantitative estimate of drug-likeness (QED) is 0.643. The molecule has 0 bridgehead atoms. The summed E-state index contributed by atoms with van der Waals surface area (Å²) in [7, 11) is 0. The molecule has 3 fully saturated rings. The van der Waals surface area contributed by atoms with Crippen LogP contribution >= 0.6 is 0 Å². The Labute approximate surface area is 107 Å². The van der Waals surface area contributed by atoms with Crippen molar-refractivity contribution in [1.82, 2.24) is 20.4 Å². The normalized spacial score (nSPS) is 29.1. The zero-order chi connectivity index (χ0) is 12.5. The largest absolute Gasteiger partial charge is 0.339 e. The lowest BCUT2D eigenvalue weighted by atomic mass is 9.96. The lowest BCUT2D eigenvalue weighted by Crippen LogP contribution is -2.55. The Balaban J connectivity index is 1.60. The smallest absolute Gasteiger partial charge is 0.317 e. The van der Waals surface area contributed by atoms with E-state index in [1.807, 2.05) is 9.80 Å². The zero-order valence-corrected chi connectivity index (χ0v) is 10.5. The van der Waals surface area contributed by atoms with Gasteiger partial charge in [-0.05, 0) is 25.9 Å². The molecular formula is C12H20N4O2. The molecule has 3 aliphatic rings. The number of hydrogen-bond donors (Lipinski definition) is 2. The van der Waals surface area contributed by atoms with Crippen LogP contribution in [0.25, 0.3) is 0 Å². The van der Waals surface area contributed by atoms with Crippen LogP contribution in [-0.4, -0.2) is 67.0 Å². The van der Waals surface area contributed by atoms with E-state index >= 15 is 0 Å². The molecule has 6 heteroatoms. The van der Waals surface area contributed by atoms with Gasteiger partial charge in [-0.1, -0.05) is 0 Å². The van der Waals surface area contributed by atoms with Crippen LogP contribution in [0.15, 0.2) is 0 Å². The second-order valence-corrected chi connectivity index (χ2v) is 5.34. The number of amides is 3. The number of hydrogen-bond acceptors (Lipinski definition) is 3. The van der Waals surface area contributed by atoms with Crippen molar-refractivity contribution < 1.29 is 9.59 Å². The van der Waals surface area contributed by atoms with Crippen LogP contribution in [-0.2, 0) is 4.79 Å². The molecule has 0 aliphatic carbocycles. The van der Waals surface area contributed by atoms with Gasteiger partial charge in [0.05, 0.1) is 6.04 Å². The van der Waals surface area contributed by atoms with Crippen LogP contribution in [0, 0.1) is 5.92 Å². The van der Waals surface area contributed by atoms with E-state index in [4.69, 9.17) is 0 Å². The minimum absolute atomic E-state index is 0.0222. The van der Waals surface area contributed by atoms with Gasteiger partial charge in [-0.3, -0.25) is 4.79 Å². The molecule has 0 radical (unpaired) electrons. The summed E-state index contributed by atoms with van der Waals surface area (Å²) in [6.07, 6.45) is 1.89. The van der Waals surface area contributed by atoms with Crippen LogP contribution in [0.5, 0.6) is 0 Å². The summed E-state index contributed by atoms with van der Waals surface area (Å²) in [5.74, 6) is 0.471. The Bertz CT molecular complexity index is 354. The highest BCUT2D eigenvalue weighted by atomic mass is 16.2. The van der Waals surface area contributed by atoms with Crippen molar-refractivity contribution in [2.45, 2.75) is 18.9 Å².